The van der Waals surface area contributed by atoms with Gasteiger partial charge in [0.25, 0.3) is 0 Å². The van der Waals surface area contributed by atoms with Gasteiger partial charge < -0.3 is 14.9 Å². The van der Waals surface area contributed by atoms with Crippen LogP contribution in [0.5, 0.6) is 5.75 Å². The summed E-state index contributed by atoms with van der Waals surface area (Å²) in [6.07, 6.45) is 2.26. The van der Waals surface area contributed by atoms with E-state index in [4.69, 9.17) is 9.84 Å². The third-order valence-electron chi connectivity index (χ3n) is 5.80. The minimum Gasteiger partial charge on any atom is -0.497 e. The van der Waals surface area contributed by atoms with Crippen LogP contribution in [0, 0.1) is 5.41 Å². The molecule has 0 heterocycles. The van der Waals surface area contributed by atoms with Crippen molar-refractivity contribution in [2.75, 3.05) is 7.11 Å². The van der Waals surface area contributed by atoms with Crippen molar-refractivity contribution in [2.45, 2.75) is 30.8 Å². The lowest BCUT2D eigenvalue weighted by atomic mass is 9.31. The number of carboxylic acid groups (broad SMARTS) is 1. The van der Waals surface area contributed by atoms with E-state index in [2.05, 4.69) is 0 Å². The molecule has 1 atom stereocenters. The van der Waals surface area contributed by atoms with Gasteiger partial charge in [0.05, 0.1) is 18.8 Å². The van der Waals surface area contributed by atoms with E-state index >= 15 is 0 Å². The van der Waals surface area contributed by atoms with E-state index in [0.29, 0.717) is 5.56 Å². The van der Waals surface area contributed by atoms with Crippen molar-refractivity contribution >= 4 is 5.97 Å². The van der Waals surface area contributed by atoms with Crippen LogP contribution in [-0.2, 0) is 5.41 Å². The molecule has 5 rings (SSSR count). The van der Waals surface area contributed by atoms with E-state index in [1.807, 2.05) is 36.4 Å². The van der Waals surface area contributed by atoms with Crippen LogP contribution < -0.4 is 4.74 Å². The number of hydrogen-bond acceptors (Lipinski definition) is 3. The second-order valence-electron chi connectivity index (χ2n) is 7.23. The van der Waals surface area contributed by atoms with Gasteiger partial charge in [0, 0.05) is 5.41 Å². The van der Waals surface area contributed by atoms with Crippen molar-refractivity contribution in [3.05, 3.63) is 65.2 Å². The monoisotopic (exact) mass is 324 g/mol. The van der Waals surface area contributed by atoms with Crippen molar-refractivity contribution in [2.24, 2.45) is 5.41 Å². The maximum Gasteiger partial charge on any atom is 0.335 e. The Hall–Kier alpha value is -2.33. The highest BCUT2D eigenvalue weighted by atomic mass is 16.5. The molecule has 0 aliphatic heterocycles. The number of methoxy groups -OCH3 is 1. The second-order valence-corrected chi connectivity index (χ2v) is 7.23. The van der Waals surface area contributed by atoms with Gasteiger partial charge in [0.15, 0.2) is 0 Å². The molecule has 0 aromatic heterocycles. The van der Waals surface area contributed by atoms with Crippen molar-refractivity contribution in [1.29, 1.82) is 0 Å². The Morgan fingerprint density at radius 1 is 1.12 bits per heavy atom. The van der Waals surface area contributed by atoms with Gasteiger partial charge in [-0.3, -0.25) is 0 Å². The molecule has 24 heavy (non-hydrogen) atoms. The zero-order valence-corrected chi connectivity index (χ0v) is 13.5. The minimum absolute atomic E-state index is 0.0545. The normalized spacial score (nSPS) is 28.4. The van der Waals surface area contributed by atoms with E-state index in [0.717, 1.165) is 36.1 Å². The van der Waals surface area contributed by atoms with Crippen molar-refractivity contribution < 1.29 is 19.7 Å². The van der Waals surface area contributed by atoms with Crippen LogP contribution in [-0.4, -0.2) is 23.3 Å². The summed E-state index contributed by atoms with van der Waals surface area (Å²) in [7, 11) is 1.63. The van der Waals surface area contributed by atoms with E-state index in [1.54, 1.807) is 19.2 Å². The molecule has 2 aromatic rings. The number of hydrogen-bond donors (Lipinski definition) is 2. The van der Waals surface area contributed by atoms with Gasteiger partial charge in [-0.05, 0) is 60.1 Å². The molecule has 3 saturated carbocycles. The van der Waals surface area contributed by atoms with Crippen LogP contribution in [0.4, 0.5) is 0 Å². The Morgan fingerprint density at radius 3 is 2.38 bits per heavy atom. The molecule has 124 valence electrons. The molecule has 2 N–H and O–H groups in total. The SMILES string of the molecule is COc1ccc(C(O)C23CC(c4cccc(C(=O)O)c4)(C2)C3)cc1. The Balaban J connectivity index is 1.51. The topological polar surface area (TPSA) is 66.8 Å². The summed E-state index contributed by atoms with van der Waals surface area (Å²) in [6.45, 7) is 0. The molecule has 0 radical (unpaired) electrons. The number of aromatic carboxylic acids is 1. The van der Waals surface area contributed by atoms with Crippen molar-refractivity contribution in [3.63, 3.8) is 0 Å². The van der Waals surface area contributed by atoms with Gasteiger partial charge in [0.1, 0.15) is 5.75 Å². The molecule has 2 aromatic carbocycles. The smallest absolute Gasteiger partial charge is 0.335 e. The van der Waals surface area contributed by atoms with Gasteiger partial charge in [0.2, 0.25) is 0 Å². The first-order chi connectivity index (χ1) is 11.5. The lowest BCUT2D eigenvalue weighted by Gasteiger charge is -2.72. The maximum atomic E-state index is 11.2. The number of carboxylic acids is 1. The Kier molecular flexibility index (Phi) is 3.22. The van der Waals surface area contributed by atoms with Gasteiger partial charge >= 0.3 is 5.97 Å². The van der Waals surface area contributed by atoms with Crippen LogP contribution in [0.15, 0.2) is 48.5 Å². The summed E-state index contributed by atoms with van der Waals surface area (Å²) in [5.41, 5.74) is 2.34. The standard InChI is InChI=1S/C20H20O4/c1-24-16-7-5-13(6-8-16)17(21)20-10-19(11-20,12-20)15-4-2-3-14(9-15)18(22)23/h2-9,17,21H,10-12H2,1H3,(H,22,23). The third-order valence-corrected chi connectivity index (χ3v) is 5.80. The molecule has 3 aliphatic carbocycles. The molecule has 3 aliphatic rings. The summed E-state index contributed by atoms with van der Waals surface area (Å²) in [5.74, 6) is -0.109. The summed E-state index contributed by atoms with van der Waals surface area (Å²) >= 11 is 0. The molecule has 0 saturated heterocycles. The largest absolute Gasteiger partial charge is 0.497 e. The first kappa shape index (κ1) is 15.2. The van der Waals surface area contributed by atoms with Gasteiger partial charge in [-0.15, -0.1) is 0 Å². The fourth-order valence-electron chi connectivity index (χ4n) is 4.58. The van der Waals surface area contributed by atoms with Gasteiger partial charge in [-0.1, -0.05) is 24.3 Å². The predicted molar refractivity (Wildman–Crippen MR) is 89.3 cm³/mol. The molecule has 0 amide bonds. The first-order valence-corrected chi connectivity index (χ1v) is 8.14. The average Bonchev–Trinajstić information content (AvgIpc) is 2.52. The molecular weight excluding hydrogens is 304 g/mol. The van der Waals surface area contributed by atoms with E-state index in [9.17, 15) is 9.90 Å². The predicted octanol–water partition coefficient (Wildman–Crippen LogP) is 3.55. The first-order valence-electron chi connectivity index (χ1n) is 8.14. The van der Waals surface area contributed by atoms with Crippen LogP contribution in [0.1, 0.15) is 46.9 Å². The van der Waals surface area contributed by atoms with E-state index in [1.165, 1.54) is 0 Å². The molecule has 4 nitrogen and oxygen atoms in total. The molecule has 2 bridgehead atoms. The highest BCUT2D eigenvalue weighted by molar-refractivity contribution is 5.87. The van der Waals surface area contributed by atoms with E-state index in [-0.39, 0.29) is 10.8 Å². The van der Waals surface area contributed by atoms with Crippen molar-refractivity contribution in [3.8, 4) is 5.75 Å². The highest BCUT2D eigenvalue weighted by Gasteiger charge is 2.70. The molecule has 0 spiro atoms. The minimum atomic E-state index is -0.892. The molecular formula is C20H20O4. The van der Waals surface area contributed by atoms with Crippen LogP contribution >= 0.6 is 0 Å². The molecule has 3 fully saturated rings. The molecule has 1 unspecified atom stereocenters. The summed E-state index contributed by atoms with van der Waals surface area (Å²) in [6, 6.07) is 14.8. The Labute approximate surface area is 140 Å². The summed E-state index contributed by atoms with van der Waals surface area (Å²) in [5, 5.41) is 19.9. The quantitative estimate of drug-likeness (QED) is 0.882. The number of carbonyl (C=O) groups is 1. The number of benzene rings is 2. The number of ether oxygens (including phenoxy) is 1. The fraction of sp³-hybridized carbons (Fsp3) is 0.350. The van der Waals surface area contributed by atoms with E-state index < -0.39 is 12.1 Å². The zero-order chi connectivity index (χ0) is 16.9. The summed E-state index contributed by atoms with van der Waals surface area (Å²) in [4.78, 5) is 11.2. The molecule has 4 heteroatoms. The zero-order valence-electron chi connectivity index (χ0n) is 13.5. The van der Waals surface area contributed by atoms with Gasteiger partial charge in [-0.2, -0.15) is 0 Å². The summed E-state index contributed by atoms with van der Waals surface area (Å²) < 4.78 is 5.16. The number of rotatable bonds is 5. The lowest BCUT2D eigenvalue weighted by Crippen LogP contribution is -2.66. The highest BCUT2D eigenvalue weighted by Crippen LogP contribution is 2.77. The van der Waals surface area contributed by atoms with Crippen LogP contribution in [0.25, 0.3) is 0 Å². The fourth-order valence-corrected chi connectivity index (χ4v) is 4.58. The number of aliphatic hydroxyl groups excluding tert-OH is 1. The maximum absolute atomic E-state index is 11.2. The van der Waals surface area contributed by atoms with Crippen LogP contribution in [0.2, 0.25) is 0 Å². The average molecular weight is 324 g/mol. The third kappa shape index (κ3) is 2.06. The lowest BCUT2D eigenvalue weighted by molar-refractivity contribution is -0.210. The van der Waals surface area contributed by atoms with Crippen molar-refractivity contribution in [1.82, 2.24) is 0 Å². The number of aliphatic hydroxyl groups is 1. The van der Waals surface area contributed by atoms with Crippen LogP contribution in [0.3, 0.4) is 0 Å². The second kappa shape index (κ2) is 5.08. The Bertz CT molecular complexity index is 774. The van der Waals surface area contributed by atoms with Gasteiger partial charge in [-0.25, -0.2) is 4.79 Å². The Morgan fingerprint density at radius 2 is 1.79 bits per heavy atom.